The number of hydrogen-bond donors (Lipinski definition) is 0. The summed E-state index contributed by atoms with van der Waals surface area (Å²) in [5, 5.41) is -0.281. The van der Waals surface area contributed by atoms with Gasteiger partial charge in [0.15, 0.2) is 17.3 Å². The van der Waals surface area contributed by atoms with Crippen molar-refractivity contribution in [2.75, 3.05) is 13.2 Å². The van der Waals surface area contributed by atoms with Crippen LogP contribution in [0.1, 0.15) is 36.0 Å². The zero-order valence-electron chi connectivity index (χ0n) is 18.2. The van der Waals surface area contributed by atoms with Gasteiger partial charge in [-0.25, -0.2) is 28.7 Å². The number of hydrogen-bond acceptors (Lipinski definition) is 6. The highest BCUT2D eigenvalue weighted by Gasteiger charge is 2.24. The van der Waals surface area contributed by atoms with Crippen molar-refractivity contribution in [3.63, 3.8) is 0 Å². The number of aromatic nitrogens is 5. The number of ether oxygens (including phenoxy) is 1. The van der Waals surface area contributed by atoms with Gasteiger partial charge in [-0.1, -0.05) is 17.7 Å². The number of benzene rings is 1. The van der Waals surface area contributed by atoms with Crippen molar-refractivity contribution in [2.24, 2.45) is 0 Å². The maximum Gasteiger partial charge on any atom is 0.182 e. The second-order valence-corrected chi connectivity index (χ2v) is 8.10. The molecular weight excluding hydrogens is 448 g/mol. The Balaban J connectivity index is 0.000000318. The molecule has 0 bridgehead atoms. The largest absolute Gasteiger partial charge is 0.381 e. The van der Waals surface area contributed by atoms with E-state index in [1.165, 1.54) is 12.1 Å². The Morgan fingerprint density at radius 1 is 0.909 bits per heavy atom. The number of rotatable bonds is 2. The van der Waals surface area contributed by atoms with E-state index in [2.05, 4.69) is 24.9 Å². The molecule has 0 saturated carbocycles. The Bertz CT molecular complexity index is 1270. The van der Waals surface area contributed by atoms with E-state index in [1.54, 1.807) is 19.3 Å². The lowest BCUT2D eigenvalue weighted by Gasteiger charge is -2.21. The van der Waals surface area contributed by atoms with Crippen molar-refractivity contribution in [3.05, 3.63) is 76.6 Å². The van der Waals surface area contributed by atoms with Crippen LogP contribution in [0.2, 0.25) is 5.02 Å². The fourth-order valence-corrected chi connectivity index (χ4v) is 3.64. The first-order chi connectivity index (χ1) is 15.9. The van der Waals surface area contributed by atoms with Crippen LogP contribution in [0.5, 0.6) is 0 Å². The van der Waals surface area contributed by atoms with Gasteiger partial charge >= 0.3 is 0 Å². The summed E-state index contributed by atoms with van der Waals surface area (Å²) in [5.74, 6) is -1.54. The molecule has 9 heteroatoms. The lowest BCUT2D eigenvalue weighted by Crippen LogP contribution is -2.17. The minimum atomic E-state index is -1.11. The third-order valence-electron chi connectivity index (χ3n) is 5.24. The molecule has 0 N–H and O–H groups in total. The second-order valence-electron chi connectivity index (χ2n) is 7.69. The molecule has 1 aliphatic heterocycles. The number of nitrogens with zero attached hydrogens (tertiary/aromatic N) is 5. The van der Waals surface area contributed by atoms with Crippen LogP contribution in [0, 0.1) is 25.5 Å². The van der Waals surface area contributed by atoms with E-state index in [9.17, 15) is 8.78 Å². The van der Waals surface area contributed by atoms with Gasteiger partial charge in [-0.05, 0) is 51.0 Å². The molecule has 1 aliphatic rings. The maximum absolute atomic E-state index is 14.5. The van der Waals surface area contributed by atoms with Crippen LogP contribution >= 0.6 is 11.6 Å². The van der Waals surface area contributed by atoms with Crippen LogP contribution in [0.3, 0.4) is 0 Å². The van der Waals surface area contributed by atoms with E-state index >= 15 is 0 Å². The van der Waals surface area contributed by atoms with E-state index in [0.717, 1.165) is 18.5 Å². The summed E-state index contributed by atoms with van der Waals surface area (Å²) in [6.45, 7) is 5.00. The Morgan fingerprint density at radius 3 is 2.36 bits per heavy atom. The smallest absolute Gasteiger partial charge is 0.182 e. The summed E-state index contributed by atoms with van der Waals surface area (Å²) >= 11 is 5.68. The molecule has 0 spiro atoms. The minimum Gasteiger partial charge on any atom is -0.381 e. The summed E-state index contributed by atoms with van der Waals surface area (Å²) < 4.78 is 33.9. The lowest BCUT2D eigenvalue weighted by molar-refractivity contribution is 0.0836. The van der Waals surface area contributed by atoms with Gasteiger partial charge in [-0.15, -0.1) is 0 Å². The molecule has 3 aromatic heterocycles. The normalized spacial score (nSPS) is 14.1. The van der Waals surface area contributed by atoms with Crippen molar-refractivity contribution in [2.45, 2.75) is 32.6 Å². The summed E-state index contributed by atoms with van der Waals surface area (Å²) in [7, 11) is 0. The fourth-order valence-electron chi connectivity index (χ4n) is 3.49. The highest BCUT2D eigenvalue weighted by molar-refractivity contribution is 6.30. The van der Waals surface area contributed by atoms with Gasteiger partial charge in [0.05, 0.1) is 10.7 Å². The molecule has 170 valence electrons. The molecule has 4 heterocycles. The fraction of sp³-hybridized carbons (Fsp3) is 0.292. The first kappa shape index (κ1) is 23.1. The molecule has 5 rings (SSSR count). The lowest BCUT2D eigenvalue weighted by atomic mass is 9.99. The standard InChI is InChI=1S/C18H15ClF2N4O.C6H7N/c1-9-8-22-16-15(11-2-3-12(19)14(21)13(11)20)24-17(25-18(16)23-9)10-4-6-26-7-5-10;1-6-4-2-3-5-7-6/h2-3,8,10H,4-7H2,1H3;2-5H,1H3. The van der Waals surface area contributed by atoms with Gasteiger partial charge in [0.25, 0.3) is 0 Å². The topological polar surface area (TPSA) is 73.7 Å². The van der Waals surface area contributed by atoms with Crippen molar-refractivity contribution in [3.8, 4) is 11.3 Å². The van der Waals surface area contributed by atoms with Crippen molar-refractivity contribution < 1.29 is 13.5 Å². The van der Waals surface area contributed by atoms with E-state index in [4.69, 9.17) is 16.3 Å². The molecule has 1 fully saturated rings. The molecule has 0 radical (unpaired) electrons. The van der Waals surface area contributed by atoms with Crippen LogP contribution in [0.15, 0.2) is 42.7 Å². The van der Waals surface area contributed by atoms with Gasteiger partial charge in [0, 0.05) is 42.8 Å². The molecule has 0 amide bonds. The van der Waals surface area contributed by atoms with Crippen molar-refractivity contribution in [1.29, 1.82) is 0 Å². The zero-order chi connectivity index (χ0) is 23.4. The number of halogens is 3. The molecule has 1 aromatic carbocycles. The van der Waals surface area contributed by atoms with Crippen molar-refractivity contribution in [1.82, 2.24) is 24.9 Å². The predicted octanol–water partition coefficient (Wildman–Crippen LogP) is 5.61. The Labute approximate surface area is 195 Å². The Morgan fingerprint density at radius 2 is 1.70 bits per heavy atom. The Kier molecular flexibility index (Phi) is 7.15. The molecule has 0 unspecified atom stereocenters. The first-order valence-electron chi connectivity index (χ1n) is 10.5. The highest BCUT2D eigenvalue weighted by Crippen LogP contribution is 2.33. The number of aryl methyl sites for hydroxylation is 2. The molecule has 4 aromatic rings. The molecule has 0 atom stereocenters. The number of pyridine rings is 1. The molecule has 1 saturated heterocycles. The van der Waals surface area contributed by atoms with Gasteiger partial charge in [0.2, 0.25) is 0 Å². The second kappa shape index (κ2) is 10.2. The maximum atomic E-state index is 14.5. The average molecular weight is 470 g/mol. The Hall–Kier alpha value is -3.10. The van der Waals surface area contributed by atoms with Crippen LogP contribution in [0.25, 0.3) is 22.4 Å². The van der Waals surface area contributed by atoms with Gasteiger partial charge in [-0.2, -0.15) is 0 Å². The monoisotopic (exact) mass is 469 g/mol. The summed E-state index contributed by atoms with van der Waals surface area (Å²) in [5.41, 5.74) is 2.66. The zero-order valence-corrected chi connectivity index (χ0v) is 19.0. The van der Waals surface area contributed by atoms with E-state index < -0.39 is 11.6 Å². The first-order valence-corrected chi connectivity index (χ1v) is 10.9. The van der Waals surface area contributed by atoms with Crippen LogP contribution in [-0.2, 0) is 4.74 Å². The third-order valence-corrected chi connectivity index (χ3v) is 5.53. The SMILES string of the molecule is Cc1ccccn1.Cc1cnc2c(-c3ccc(Cl)c(F)c3F)nc(C3CCOCC3)nc2n1. The third kappa shape index (κ3) is 5.29. The van der Waals surface area contributed by atoms with E-state index in [0.29, 0.717) is 35.9 Å². The molecule has 6 nitrogen and oxygen atoms in total. The molecular formula is C24H22ClF2N5O. The van der Waals surface area contributed by atoms with Gasteiger partial charge in [0.1, 0.15) is 17.0 Å². The van der Waals surface area contributed by atoms with E-state index in [-0.39, 0.29) is 22.2 Å². The minimum absolute atomic E-state index is 0.00855. The predicted molar refractivity (Wildman–Crippen MR) is 122 cm³/mol. The van der Waals surface area contributed by atoms with Crippen LogP contribution in [0.4, 0.5) is 8.78 Å². The van der Waals surface area contributed by atoms with Crippen molar-refractivity contribution >= 4 is 22.8 Å². The van der Waals surface area contributed by atoms with E-state index in [1.807, 2.05) is 25.1 Å². The van der Waals surface area contributed by atoms with Gasteiger partial charge < -0.3 is 4.74 Å². The summed E-state index contributed by atoms with van der Waals surface area (Å²) in [4.78, 5) is 21.8. The number of fused-ring (bicyclic) bond motifs is 1. The summed E-state index contributed by atoms with van der Waals surface area (Å²) in [6, 6.07) is 8.56. The highest BCUT2D eigenvalue weighted by atomic mass is 35.5. The molecule has 0 aliphatic carbocycles. The van der Waals surface area contributed by atoms with Crippen LogP contribution in [-0.4, -0.2) is 38.1 Å². The van der Waals surface area contributed by atoms with Crippen LogP contribution < -0.4 is 0 Å². The molecule has 33 heavy (non-hydrogen) atoms. The average Bonchev–Trinajstić information content (AvgIpc) is 2.83. The summed E-state index contributed by atoms with van der Waals surface area (Å²) in [6.07, 6.45) is 4.87. The van der Waals surface area contributed by atoms with Gasteiger partial charge in [-0.3, -0.25) is 4.98 Å². The quantitative estimate of drug-likeness (QED) is 0.355.